The zero-order valence-electron chi connectivity index (χ0n) is 6.04. The Morgan fingerprint density at radius 2 is 2.40 bits per heavy atom. The van der Waals surface area contributed by atoms with Crippen LogP contribution in [0.4, 0.5) is 0 Å². The molecule has 3 nitrogen and oxygen atoms in total. The third-order valence-corrected chi connectivity index (χ3v) is 0.984. The van der Waals surface area contributed by atoms with Crippen molar-refractivity contribution in [3.63, 3.8) is 0 Å². The van der Waals surface area contributed by atoms with Crippen molar-refractivity contribution in [2.75, 3.05) is 13.7 Å². The highest BCUT2D eigenvalue weighted by molar-refractivity contribution is 5.81. The smallest absolute Gasteiger partial charge is 0.330 e. The van der Waals surface area contributed by atoms with Crippen molar-refractivity contribution in [1.29, 1.82) is 0 Å². The maximum absolute atomic E-state index is 10.4. The Balaban J connectivity index is 3.27. The second kappa shape index (κ2) is 6.29. The number of ether oxygens (including phenoxy) is 1. The molecule has 3 heteroatoms. The highest BCUT2D eigenvalue weighted by atomic mass is 16.5. The van der Waals surface area contributed by atoms with Crippen LogP contribution in [-0.4, -0.2) is 24.8 Å². The van der Waals surface area contributed by atoms with Gasteiger partial charge in [-0.05, 0) is 12.8 Å². The predicted octanol–water partition coefficient (Wildman–Crippen LogP) is 0.488. The van der Waals surface area contributed by atoms with Crippen LogP contribution in [0.5, 0.6) is 0 Å². The van der Waals surface area contributed by atoms with Crippen molar-refractivity contribution in [3.8, 4) is 0 Å². The molecule has 0 aromatic carbocycles. The summed E-state index contributed by atoms with van der Waals surface area (Å²) in [4.78, 5) is 10.4. The van der Waals surface area contributed by atoms with Crippen molar-refractivity contribution >= 4 is 5.97 Å². The number of hydrogen-bond acceptors (Lipinski definition) is 3. The molecule has 0 unspecified atom stereocenters. The molecule has 0 saturated carbocycles. The average Bonchev–Trinajstić information content (AvgIpc) is 1.98. The molecule has 0 heterocycles. The van der Waals surface area contributed by atoms with Gasteiger partial charge in [-0.15, -0.1) is 0 Å². The zero-order valence-corrected chi connectivity index (χ0v) is 6.04. The lowest BCUT2D eigenvalue weighted by Crippen LogP contribution is -1.93. The van der Waals surface area contributed by atoms with Crippen LogP contribution in [0.3, 0.4) is 0 Å². The van der Waals surface area contributed by atoms with Gasteiger partial charge in [0.2, 0.25) is 0 Å². The highest BCUT2D eigenvalue weighted by Gasteiger charge is 1.88. The Morgan fingerprint density at radius 3 is 2.90 bits per heavy atom. The molecule has 0 aromatic rings. The molecule has 10 heavy (non-hydrogen) atoms. The molecule has 0 spiro atoms. The average molecular weight is 144 g/mol. The first-order valence-corrected chi connectivity index (χ1v) is 3.16. The molecule has 0 amide bonds. The number of methoxy groups -OCH3 is 1. The van der Waals surface area contributed by atoms with E-state index in [4.69, 9.17) is 5.11 Å². The van der Waals surface area contributed by atoms with Gasteiger partial charge >= 0.3 is 5.97 Å². The quantitative estimate of drug-likeness (QED) is 0.355. The van der Waals surface area contributed by atoms with Gasteiger partial charge in [-0.3, -0.25) is 0 Å². The van der Waals surface area contributed by atoms with E-state index < -0.39 is 0 Å². The molecule has 0 saturated heterocycles. The summed E-state index contributed by atoms with van der Waals surface area (Å²) in [7, 11) is 1.33. The van der Waals surface area contributed by atoms with Gasteiger partial charge in [-0.1, -0.05) is 6.08 Å². The lowest BCUT2D eigenvalue weighted by molar-refractivity contribution is -0.134. The zero-order chi connectivity index (χ0) is 7.82. The molecule has 0 aromatic heterocycles. The van der Waals surface area contributed by atoms with E-state index in [-0.39, 0.29) is 12.6 Å². The van der Waals surface area contributed by atoms with Crippen molar-refractivity contribution in [1.82, 2.24) is 0 Å². The number of hydrogen-bond donors (Lipinski definition) is 1. The highest BCUT2D eigenvalue weighted by Crippen LogP contribution is 1.89. The molecule has 0 aliphatic rings. The normalized spacial score (nSPS) is 10.2. The maximum Gasteiger partial charge on any atom is 0.330 e. The van der Waals surface area contributed by atoms with Gasteiger partial charge in [-0.25, -0.2) is 4.79 Å². The minimum Gasteiger partial charge on any atom is -0.466 e. The van der Waals surface area contributed by atoms with Crippen molar-refractivity contribution in [3.05, 3.63) is 12.2 Å². The van der Waals surface area contributed by atoms with Crippen LogP contribution in [0.25, 0.3) is 0 Å². The number of allylic oxidation sites excluding steroid dienone is 1. The number of esters is 1. The molecule has 0 atom stereocenters. The molecule has 0 aliphatic carbocycles. The molecule has 0 bridgehead atoms. The van der Waals surface area contributed by atoms with Gasteiger partial charge in [-0.2, -0.15) is 0 Å². The predicted molar refractivity (Wildman–Crippen MR) is 37.5 cm³/mol. The molecule has 0 rings (SSSR count). The lowest BCUT2D eigenvalue weighted by Gasteiger charge is -1.89. The van der Waals surface area contributed by atoms with Crippen LogP contribution < -0.4 is 0 Å². The van der Waals surface area contributed by atoms with Gasteiger partial charge in [0, 0.05) is 12.7 Å². The summed E-state index contributed by atoms with van der Waals surface area (Å²) >= 11 is 0. The Bertz CT molecular complexity index is 118. The van der Waals surface area contributed by atoms with E-state index in [1.54, 1.807) is 6.08 Å². The minimum absolute atomic E-state index is 0.158. The number of aliphatic hydroxyl groups excluding tert-OH is 1. The van der Waals surface area contributed by atoms with Crippen LogP contribution in [0, 0.1) is 0 Å². The fourth-order valence-electron chi connectivity index (χ4n) is 0.457. The summed E-state index contributed by atoms with van der Waals surface area (Å²) in [5.74, 6) is -0.349. The fraction of sp³-hybridized carbons (Fsp3) is 0.571. The Morgan fingerprint density at radius 1 is 1.70 bits per heavy atom. The molecule has 1 N–H and O–H groups in total. The topological polar surface area (TPSA) is 46.5 Å². The Labute approximate surface area is 60.3 Å². The van der Waals surface area contributed by atoms with Crippen LogP contribution in [0.1, 0.15) is 12.8 Å². The Hall–Kier alpha value is -0.830. The second-order valence-electron chi connectivity index (χ2n) is 1.79. The van der Waals surface area contributed by atoms with Gasteiger partial charge in [0.1, 0.15) is 0 Å². The van der Waals surface area contributed by atoms with Crippen LogP contribution >= 0.6 is 0 Å². The summed E-state index contributed by atoms with van der Waals surface area (Å²) < 4.78 is 4.34. The van der Waals surface area contributed by atoms with Gasteiger partial charge < -0.3 is 9.84 Å². The van der Waals surface area contributed by atoms with E-state index in [2.05, 4.69) is 4.74 Å². The van der Waals surface area contributed by atoms with E-state index in [9.17, 15) is 4.79 Å². The lowest BCUT2D eigenvalue weighted by atomic mass is 10.3. The number of aliphatic hydroxyl groups is 1. The third-order valence-electron chi connectivity index (χ3n) is 0.984. The summed E-state index contributed by atoms with van der Waals surface area (Å²) in [6, 6.07) is 0. The molecular weight excluding hydrogens is 132 g/mol. The third kappa shape index (κ3) is 5.31. The van der Waals surface area contributed by atoms with E-state index in [1.807, 2.05) is 0 Å². The molecule has 0 fully saturated rings. The SMILES string of the molecule is COC(=O)/C=C/CCCO. The Kier molecular flexibility index (Phi) is 5.77. The van der Waals surface area contributed by atoms with E-state index in [0.29, 0.717) is 12.8 Å². The summed E-state index contributed by atoms with van der Waals surface area (Å²) in [5, 5.41) is 8.34. The molecule has 58 valence electrons. The standard InChI is InChI=1S/C7H12O3/c1-10-7(9)5-3-2-4-6-8/h3,5,8H,2,4,6H2,1H3/b5-3+. The van der Waals surface area contributed by atoms with Crippen molar-refractivity contribution < 1.29 is 14.6 Å². The molecule has 0 aliphatic heterocycles. The largest absolute Gasteiger partial charge is 0.466 e. The van der Waals surface area contributed by atoms with E-state index in [1.165, 1.54) is 13.2 Å². The van der Waals surface area contributed by atoms with Gasteiger partial charge in [0.15, 0.2) is 0 Å². The van der Waals surface area contributed by atoms with Crippen LogP contribution in [0.15, 0.2) is 12.2 Å². The summed E-state index contributed by atoms with van der Waals surface area (Å²) in [5.41, 5.74) is 0. The summed E-state index contributed by atoms with van der Waals surface area (Å²) in [6.45, 7) is 0.158. The van der Waals surface area contributed by atoms with Gasteiger partial charge in [0.25, 0.3) is 0 Å². The van der Waals surface area contributed by atoms with Crippen molar-refractivity contribution in [2.45, 2.75) is 12.8 Å². The first-order chi connectivity index (χ1) is 4.81. The van der Waals surface area contributed by atoms with E-state index >= 15 is 0 Å². The van der Waals surface area contributed by atoms with Gasteiger partial charge in [0.05, 0.1) is 7.11 Å². The second-order valence-corrected chi connectivity index (χ2v) is 1.79. The number of carbonyl (C=O) groups is 1. The maximum atomic E-state index is 10.4. The molecule has 0 radical (unpaired) electrons. The van der Waals surface area contributed by atoms with E-state index in [0.717, 1.165) is 0 Å². The number of carbonyl (C=O) groups excluding carboxylic acids is 1. The number of unbranched alkanes of at least 4 members (excludes halogenated alkanes) is 1. The van der Waals surface area contributed by atoms with Crippen molar-refractivity contribution in [2.24, 2.45) is 0 Å². The fourth-order valence-corrected chi connectivity index (χ4v) is 0.457. The molecular formula is C7H12O3. The number of rotatable bonds is 4. The summed E-state index contributed by atoms with van der Waals surface area (Å²) in [6.07, 6.45) is 4.44. The monoisotopic (exact) mass is 144 g/mol. The van der Waals surface area contributed by atoms with Crippen LogP contribution in [-0.2, 0) is 9.53 Å². The first-order valence-electron chi connectivity index (χ1n) is 3.16. The first kappa shape index (κ1) is 9.17. The minimum atomic E-state index is -0.349. The van der Waals surface area contributed by atoms with Crippen LogP contribution in [0.2, 0.25) is 0 Å².